The van der Waals surface area contributed by atoms with Gasteiger partial charge in [0.1, 0.15) is 18.4 Å². The highest BCUT2D eigenvalue weighted by Gasteiger charge is 2.50. The van der Waals surface area contributed by atoms with Gasteiger partial charge in [0.05, 0.1) is 62.9 Å². The Bertz CT molecular complexity index is 3070. The van der Waals surface area contributed by atoms with Crippen LogP contribution in [0.5, 0.6) is 0 Å². The number of benzene rings is 4. The number of fused-ring (bicyclic) bond motifs is 6. The van der Waals surface area contributed by atoms with Crippen LogP contribution in [0.4, 0.5) is 32.0 Å². The molecule has 0 unspecified atom stereocenters. The number of nitriles is 1. The summed E-state index contributed by atoms with van der Waals surface area (Å²) in [5, 5.41) is 9.30. The lowest BCUT2D eigenvalue weighted by Gasteiger charge is -2.33. The van der Waals surface area contributed by atoms with Crippen molar-refractivity contribution in [1.82, 2.24) is 19.9 Å². The highest BCUT2D eigenvalue weighted by atomic mass is 79.9. The van der Waals surface area contributed by atoms with Crippen molar-refractivity contribution in [2.45, 2.75) is 23.2 Å². The lowest BCUT2D eigenvalue weighted by atomic mass is 9.68. The van der Waals surface area contributed by atoms with Gasteiger partial charge in [-0.3, -0.25) is 0 Å². The molecule has 0 spiro atoms. The average molecular weight is 1140 g/mol. The van der Waals surface area contributed by atoms with E-state index in [1.807, 2.05) is 60.7 Å². The third kappa shape index (κ3) is 7.54. The van der Waals surface area contributed by atoms with Crippen LogP contribution in [0.1, 0.15) is 61.2 Å². The van der Waals surface area contributed by atoms with Gasteiger partial charge in [0, 0.05) is 0 Å². The van der Waals surface area contributed by atoms with Crippen molar-refractivity contribution >= 4 is 69.4 Å². The summed E-state index contributed by atoms with van der Waals surface area (Å²) in [6, 6.07) is 41.7. The fourth-order valence-corrected chi connectivity index (χ4v) is 10.2. The standard InChI is InChI=1S/C25H12Br2F6N2.C25H12Br2N4/c26-19-11-9-17-21(34-19)22-18(10-12-20(27)35-22)23(17,13-1-5-15(6-2-13)24(28,29)30)14-3-7-16(8-4-14)25(31,32)33;1-29-18-8-6-17(7-9-18)25(16-4-2-15(14-28)3-5-16)19-10-12-21(26)30-23(19)24-20(25)11-13-22(27)31-24/h1-12H;2-13H. The molecule has 8 aromatic rings. The second kappa shape index (κ2) is 17.0. The van der Waals surface area contributed by atoms with Gasteiger partial charge in [-0.05, 0) is 169 Å². The first kappa shape index (κ1) is 45.1. The van der Waals surface area contributed by atoms with Gasteiger partial charge in [0.2, 0.25) is 0 Å². The maximum Gasteiger partial charge on any atom is 0.416 e. The molecule has 4 aromatic heterocycles. The first-order valence-corrected chi connectivity index (χ1v) is 22.7. The molecule has 2 aliphatic rings. The van der Waals surface area contributed by atoms with E-state index in [1.165, 1.54) is 24.3 Å². The Kier molecular flexibility index (Phi) is 11.6. The molecular weight excluding hydrogens is 1120 g/mol. The van der Waals surface area contributed by atoms with Crippen molar-refractivity contribution in [3.8, 4) is 28.8 Å². The molecule has 324 valence electrons. The summed E-state index contributed by atoms with van der Waals surface area (Å²) in [6.45, 7) is 7.33. The second-order valence-corrected chi connectivity index (χ2v) is 18.4. The van der Waals surface area contributed by atoms with Crippen molar-refractivity contribution in [2.75, 3.05) is 0 Å². The summed E-state index contributed by atoms with van der Waals surface area (Å²) in [4.78, 5) is 22.2. The molecule has 0 atom stereocenters. The van der Waals surface area contributed by atoms with E-state index in [4.69, 9.17) is 16.5 Å². The maximum absolute atomic E-state index is 13.3. The van der Waals surface area contributed by atoms with Crippen LogP contribution in [-0.4, -0.2) is 19.9 Å². The van der Waals surface area contributed by atoms with Crippen LogP contribution in [0.2, 0.25) is 0 Å². The molecule has 0 aliphatic heterocycles. The summed E-state index contributed by atoms with van der Waals surface area (Å²) in [7, 11) is 0. The minimum absolute atomic E-state index is 0.443. The van der Waals surface area contributed by atoms with Gasteiger partial charge in [-0.2, -0.15) is 31.6 Å². The normalized spacial score (nSPS) is 13.8. The van der Waals surface area contributed by atoms with E-state index in [0.717, 1.165) is 67.1 Å². The number of hydrogen-bond donors (Lipinski definition) is 0. The van der Waals surface area contributed by atoms with E-state index in [-0.39, 0.29) is 0 Å². The van der Waals surface area contributed by atoms with Gasteiger partial charge >= 0.3 is 12.4 Å². The highest BCUT2D eigenvalue weighted by Crippen LogP contribution is 2.57. The van der Waals surface area contributed by atoms with E-state index in [2.05, 4.69) is 96.7 Å². The number of hydrogen-bond acceptors (Lipinski definition) is 5. The second-order valence-electron chi connectivity index (χ2n) is 15.1. The van der Waals surface area contributed by atoms with E-state index >= 15 is 0 Å². The number of aromatic nitrogens is 4. The maximum atomic E-state index is 13.3. The minimum atomic E-state index is -4.54. The number of alkyl halides is 6. The quantitative estimate of drug-likeness (QED) is 0.0996. The number of nitrogens with zero attached hydrogens (tertiary/aromatic N) is 6. The first-order valence-electron chi connectivity index (χ1n) is 19.5. The van der Waals surface area contributed by atoms with E-state index < -0.39 is 34.3 Å². The van der Waals surface area contributed by atoms with Gasteiger partial charge in [-0.15, -0.1) is 0 Å². The van der Waals surface area contributed by atoms with Crippen molar-refractivity contribution in [3.63, 3.8) is 0 Å². The largest absolute Gasteiger partial charge is 0.416 e. The molecule has 0 saturated heterocycles. The van der Waals surface area contributed by atoms with Crippen molar-refractivity contribution < 1.29 is 26.3 Å². The Balaban J connectivity index is 0.000000167. The third-order valence-electron chi connectivity index (χ3n) is 11.7. The van der Waals surface area contributed by atoms with E-state index in [1.54, 1.807) is 24.3 Å². The molecule has 4 aromatic carbocycles. The molecule has 0 radical (unpaired) electrons. The molecule has 4 heterocycles. The topological polar surface area (TPSA) is 79.7 Å². The summed E-state index contributed by atoms with van der Waals surface area (Å²) in [5.41, 5.74) is 6.33. The Morgan fingerprint density at radius 2 is 0.697 bits per heavy atom. The average Bonchev–Trinajstić information content (AvgIpc) is 3.75. The van der Waals surface area contributed by atoms with Gasteiger partial charge in [0.15, 0.2) is 5.69 Å². The molecule has 0 fully saturated rings. The molecule has 0 N–H and O–H groups in total. The van der Waals surface area contributed by atoms with Crippen molar-refractivity contribution in [2.24, 2.45) is 0 Å². The van der Waals surface area contributed by atoms with Crippen molar-refractivity contribution in [1.29, 1.82) is 5.26 Å². The van der Waals surface area contributed by atoms with Gasteiger partial charge < -0.3 is 0 Å². The molecule has 2 aliphatic carbocycles. The zero-order valence-electron chi connectivity index (χ0n) is 33.3. The molecule has 10 rings (SSSR count). The minimum Gasteiger partial charge on any atom is -0.239 e. The van der Waals surface area contributed by atoms with Crippen LogP contribution in [0.25, 0.3) is 27.6 Å². The first-order chi connectivity index (χ1) is 31.5. The van der Waals surface area contributed by atoms with Crippen LogP contribution in [0.3, 0.4) is 0 Å². The van der Waals surface area contributed by atoms with Crippen LogP contribution < -0.4 is 0 Å². The third-order valence-corrected chi connectivity index (χ3v) is 13.4. The summed E-state index contributed by atoms with van der Waals surface area (Å²) < 4.78 is 82.3. The predicted molar refractivity (Wildman–Crippen MR) is 250 cm³/mol. The zero-order chi connectivity index (χ0) is 46.8. The molecule has 6 nitrogen and oxygen atoms in total. The van der Waals surface area contributed by atoms with Gasteiger partial charge in [-0.1, -0.05) is 84.9 Å². The van der Waals surface area contributed by atoms with Crippen molar-refractivity contribution in [3.05, 3.63) is 237 Å². The van der Waals surface area contributed by atoms with E-state index in [0.29, 0.717) is 54.1 Å². The van der Waals surface area contributed by atoms with Crippen LogP contribution in [-0.2, 0) is 23.2 Å². The monoisotopic (exact) mass is 1140 g/mol. The molecule has 16 heteroatoms. The van der Waals surface area contributed by atoms with Gasteiger partial charge in [-0.25, -0.2) is 24.8 Å². The zero-order valence-corrected chi connectivity index (χ0v) is 39.7. The fourth-order valence-electron chi connectivity index (χ4n) is 8.94. The number of rotatable bonds is 4. The smallest absolute Gasteiger partial charge is 0.239 e. The molecule has 0 bridgehead atoms. The summed E-state index contributed by atoms with van der Waals surface area (Å²) in [6.07, 6.45) is -9.07. The van der Waals surface area contributed by atoms with Gasteiger partial charge in [0.25, 0.3) is 0 Å². The Hall–Kier alpha value is -6.04. The Morgan fingerprint density at radius 1 is 0.424 bits per heavy atom. The lowest BCUT2D eigenvalue weighted by molar-refractivity contribution is -0.138. The molecule has 0 saturated carbocycles. The Morgan fingerprint density at radius 3 is 0.955 bits per heavy atom. The number of halogens is 10. The van der Waals surface area contributed by atoms with Crippen LogP contribution >= 0.6 is 63.7 Å². The van der Waals surface area contributed by atoms with Crippen LogP contribution in [0.15, 0.2) is 164 Å². The number of pyridine rings is 4. The molecule has 66 heavy (non-hydrogen) atoms. The Labute approximate surface area is 406 Å². The summed E-state index contributed by atoms with van der Waals surface area (Å²) >= 11 is 13.7. The fraction of sp³-hybridized carbons (Fsp3) is 0.0800. The highest BCUT2D eigenvalue weighted by molar-refractivity contribution is 9.11. The molecule has 0 amide bonds. The summed E-state index contributed by atoms with van der Waals surface area (Å²) in [5.74, 6) is 0. The van der Waals surface area contributed by atoms with E-state index in [9.17, 15) is 31.6 Å². The van der Waals surface area contributed by atoms with Crippen LogP contribution in [0, 0.1) is 17.9 Å². The predicted octanol–water partition coefficient (Wildman–Crippen LogP) is 15.2. The SMILES string of the molecule is FC(F)(F)c1ccc(C2(c3ccc(C(F)(F)F)cc3)c3ccc(Br)nc3-c3nc(Br)ccc32)cc1.[C-]#[N+]c1ccc(C2(c3ccc(C#N)cc3)c3ccc(Br)nc3-c3nc(Br)ccc32)cc1. The molecular formula is C50H24Br4F6N6. The lowest BCUT2D eigenvalue weighted by Crippen LogP contribution is -2.29.